The molecule has 1 heterocycles. The summed E-state index contributed by atoms with van der Waals surface area (Å²) in [7, 11) is 5.58. The first-order valence-electron chi connectivity index (χ1n) is 10.8. The van der Waals surface area contributed by atoms with E-state index in [0.717, 1.165) is 44.7 Å². The highest BCUT2D eigenvalue weighted by Crippen LogP contribution is 2.60. The first-order valence-corrected chi connectivity index (χ1v) is 10.8. The number of nitrogens with zero attached hydrogens (tertiary/aromatic N) is 2. The molecule has 1 aliphatic heterocycles. The van der Waals surface area contributed by atoms with Crippen LogP contribution in [-0.2, 0) is 9.53 Å². The number of carbonyl (C=O) groups is 1. The molecule has 4 fully saturated rings. The first-order chi connectivity index (χ1) is 13.0. The van der Waals surface area contributed by atoms with Crippen LogP contribution < -0.4 is 10.6 Å². The smallest absolute Gasteiger partial charge is 0.230 e. The highest BCUT2D eigenvalue weighted by atomic mass is 16.5. The molecule has 27 heavy (non-hydrogen) atoms. The lowest BCUT2D eigenvalue weighted by Crippen LogP contribution is -2.69. The summed E-state index contributed by atoms with van der Waals surface area (Å²) in [5.74, 6) is 1.73. The second-order valence-electron chi connectivity index (χ2n) is 9.42. The van der Waals surface area contributed by atoms with Gasteiger partial charge in [-0.25, -0.2) is 0 Å². The van der Waals surface area contributed by atoms with Gasteiger partial charge in [-0.05, 0) is 32.1 Å². The van der Waals surface area contributed by atoms with E-state index in [-0.39, 0.29) is 11.3 Å². The van der Waals surface area contributed by atoms with Crippen LogP contribution in [0.4, 0.5) is 0 Å². The fourth-order valence-corrected chi connectivity index (χ4v) is 6.49. The Kier molecular flexibility index (Phi) is 5.12. The van der Waals surface area contributed by atoms with Gasteiger partial charge in [0.15, 0.2) is 5.96 Å². The van der Waals surface area contributed by atoms with Crippen molar-refractivity contribution >= 4 is 11.9 Å². The standard InChI is InChI=1S/C21H36N4O2/c1-22-19(23-14-20(9-4-5-10-20)18(26)25(2)3)24-16-15-8-13-27-17(15)21(16)11-6-7-12-21/h15-17H,4-14H2,1-3H3,(H2,22,23,24). The molecule has 2 N–H and O–H groups in total. The molecule has 3 unspecified atom stereocenters. The zero-order chi connectivity index (χ0) is 19.1. The van der Waals surface area contributed by atoms with E-state index in [1.807, 2.05) is 21.1 Å². The predicted molar refractivity (Wildman–Crippen MR) is 107 cm³/mol. The molecule has 3 atom stereocenters. The first kappa shape index (κ1) is 19.0. The number of fused-ring (bicyclic) bond motifs is 2. The van der Waals surface area contributed by atoms with Crippen LogP contribution in [0.3, 0.4) is 0 Å². The molecule has 1 amide bonds. The van der Waals surface area contributed by atoms with E-state index in [9.17, 15) is 4.79 Å². The van der Waals surface area contributed by atoms with Crippen molar-refractivity contribution in [1.82, 2.24) is 15.5 Å². The summed E-state index contributed by atoms with van der Waals surface area (Å²) in [5, 5.41) is 7.27. The van der Waals surface area contributed by atoms with Crippen molar-refractivity contribution < 1.29 is 9.53 Å². The fourth-order valence-electron chi connectivity index (χ4n) is 6.49. The molecule has 4 aliphatic rings. The monoisotopic (exact) mass is 376 g/mol. The van der Waals surface area contributed by atoms with Gasteiger partial charge in [0.25, 0.3) is 0 Å². The Bertz CT molecular complexity index is 591. The van der Waals surface area contributed by atoms with E-state index in [1.54, 1.807) is 4.90 Å². The number of amides is 1. The zero-order valence-corrected chi connectivity index (χ0v) is 17.2. The summed E-state index contributed by atoms with van der Waals surface area (Å²) in [4.78, 5) is 19.1. The third-order valence-electron chi connectivity index (χ3n) is 7.82. The highest BCUT2D eigenvalue weighted by molar-refractivity contribution is 5.85. The van der Waals surface area contributed by atoms with E-state index >= 15 is 0 Å². The van der Waals surface area contributed by atoms with Gasteiger partial charge in [0.05, 0.1) is 11.5 Å². The van der Waals surface area contributed by atoms with Crippen molar-refractivity contribution in [2.24, 2.45) is 21.7 Å². The van der Waals surface area contributed by atoms with E-state index in [4.69, 9.17) is 4.74 Å². The molecule has 1 saturated heterocycles. The Morgan fingerprint density at radius 2 is 1.81 bits per heavy atom. The second kappa shape index (κ2) is 7.26. The van der Waals surface area contributed by atoms with Crippen LogP contribution in [0.15, 0.2) is 4.99 Å². The van der Waals surface area contributed by atoms with Crippen molar-refractivity contribution in [3.63, 3.8) is 0 Å². The fraction of sp³-hybridized carbons (Fsp3) is 0.905. The molecule has 3 aliphatic carbocycles. The summed E-state index contributed by atoms with van der Waals surface area (Å²) in [6.07, 6.45) is 11.0. The van der Waals surface area contributed by atoms with Gasteiger partial charge in [-0.3, -0.25) is 9.79 Å². The minimum absolute atomic E-state index is 0.253. The van der Waals surface area contributed by atoms with Crippen LogP contribution in [0.5, 0.6) is 0 Å². The van der Waals surface area contributed by atoms with Gasteiger partial charge in [-0.1, -0.05) is 25.7 Å². The molecule has 0 radical (unpaired) electrons. The molecule has 0 aromatic rings. The number of hydrogen-bond acceptors (Lipinski definition) is 3. The van der Waals surface area contributed by atoms with Gasteiger partial charge in [-0.15, -0.1) is 0 Å². The Morgan fingerprint density at radius 1 is 1.15 bits per heavy atom. The maximum absolute atomic E-state index is 12.8. The van der Waals surface area contributed by atoms with Crippen LogP contribution >= 0.6 is 0 Å². The van der Waals surface area contributed by atoms with Gasteiger partial charge >= 0.3 is 0 Å². The summed E-state index contributed by atoms with van der Waals surface area (Å²) in [6.45, 7) is 1.58. The quantitative estimate of drug-likeness (QED) is 0.583. The van der Waals surface area contributed by atoms with Gasteiger partial charge in [0, 0.05) is 51.7 Å². The van der Waals surface area contributed by atoms with Crippen LogP contribution in [-0.4, -0.2) is 63.2 Å². The van der Waals surface area contributed by atoms with Crippen LogP contribution in [0.2, 0.25) is 0 Å². The van der Waals surface area contributed by atoms with Gasteiger partial charge < -0.3 is 20.3 Å². The molecule has 0 aromatic heterocycles. The lowest BCUT2D eigenvalue weighted by Gasteiger charge is -2.57. The maximum Gasteiger partial charge on any atom is 0.230 e. The highest BCUT2D eigenvalue weighted by Gasteiger charge is 2.65. The number of carbonyl (C=O) groups excluding carboxylic acids is 1. The lowest BCUT2D eigenvalue weighted by atomic mass is 9.54. The number of ether oxygens (including phenoxy) is 1. The topological polar surface area (TPSA) is 66.0 Å². The van der Waals surface area contributed by atoms with Crippen molar-refractivity contribution in [1.29, 1.82) is 0 Å². The third-order valence-corrected chi connectivity index (χ3v) is 7.82. The van der Waals surface area contributed by atoms with Crippen molar-refractivity contribution in [2.75, 3.05) is 34.3 Å². The van der Waals surface area contributed by atoms with E-state index in [2.05, 4.69) is 15.6 Å². The Labute approximate surface area is 163 Å². The second-order valence-corrected chi connectivity index (χ2v) is 9.42. The van der Waals surface area contributed by atoms with Crippen molar-refractivity contribution in [3.05, 3.63) is 0 Å². The van der Waals surface area contributed by atoms with Gasteiger partial charge in [0.2, 0.25) is 5.91 Å². The zero-order valence-electron chi connectivity index (χ0n) is 17.2. The summed E-state index contributed by atoms with van der Waals surface area (Å²) < 4.78 is 6.10. The molecular weight excluding hydrogens is 340 g/mol. The SMILES string of the molecule is CN=C(NCC1(C(=O)N(C)C)CCCC1)NC1C2CCOC2C12CCCC2. The number of nitrogens with one attached hydrogen (secondary N) is 2. The number of aliphatic imine (C=N–C) groups is 1. The minimum atomic E-state index is -0.273. The molecular formula is C21H36N4O2. The predicted octanol–water partition coefficient (Wildman–Crippen LogP) is 2.15. The van der Waals surface area contributed by atoms with E-state index in [1.165, 1.54) is 25.7 Å². The average Bonchev–Trinajstić information content (AvgIpc) is 3.40. The molecule has 0 bridgehead atoms. The molecule has 0 aromatic carbocycles. The molecule has 6 heteroatoms. The normalized spacial score (nSPS) is 33.6. The van der Waals surface area contributed by atoms with Gasteiger partial charge in [0.1, 0.15) is 0 Å². The van der Waals surface area contributed by atoms with Crippen molar-refractivity contribution in [3.8, 4) is 0 Å². The average molecular weight is 377 g/mol. The Hall–Kier alpha value is -1.30. The maximum atomic E-state index is 12.8. The number of rotatable bonds is 4. The molecule has 4 rings (SSSR count). The summed E-state index contributed by atoms with van der Waals surface area (Å²) in [6, 6.07) is 0.461. The van der Waals surface area contributed by atoms with Crippen LogP contribution in [0.25, 0.3) is 0 Å². The third kappa shape index (κ3) is 3.04. The Morgan fingerprint density at radius 3 is 2.44 bits per heavy atom. The van der Waals surface area contributed by atoms with E-state index < -0.39 is 0 Å². The van der Waals surface area contributed by atoms with Crippen molar-refractivity contribution in [2.45, 2.75) is 69.9 Å². The molecule has 3 saturated carbocycles. The largest absolute Gasteiger partial charge is 0.377 e. The summed E-state index contributed by atoms with van der Waals surface area (Å²) in [5.41, 5.74) is 0.0358. The van der Waals surface area contributed by atoms with Crippen LogP contribution in [0, 0.1) is 16.7 Å². The van der Waals surface area contributed by atoms with Gasteiger partial charge in [-0.2, -0.15) is 0 Å². The molecule has 6 nitrogen and oxygen atoms in total. The number of hydrogen-bond donors (Lipinski definition) is 2. The minimum Gasteiger partial charge on any atom is -0.377 e. The van der Waals surface area contributed by atoms with E-state index in [0.29, 0.717) is 30.0 Å². The molecule has 152 valence electrons. The number of guanidine groups is 1. The van der Waals surface area contributed by atoms with Crippen LogP contribution in [0.1, 0.15) is 57.8 Å². The summed E-state index contributed by atoms with van der Waals surface area (Å²) >= 11 is 0. The Balaban J connectivity index is 1.42. The molecule has 1 spiro atoms. The lowest BCUT2D eigenvalue weighted by molar-refractivity contribution is -0.138.